The van der Waals surface area contributed by atoms with E-state index in [1.807, 2.05) is 0 Å². The largest absolute Gasteiger partial charge is 0.389 e. The molecule has 1 aliphatic rings. The van der Waals surface area contributed by atoms with Crippen LogP contribution in [0.5, 0.6) is 0 Å². The van der Waals surface area contributed by atoms with Gasteiger partial charge in [-0.25, -0.2) is 0 Å². The second-order valence-corrected chi connectivity index (χ2v) is 5.03. The quantitative estimate of drug-likeness (QED) is 0.622. The van der Waals surface area contributed by atoms with Crippen LogP contribution < -0.4 is 5.32 Å². The highest BCUT2D eigenvalue weighted by atomic mass is 16.5. The summed E-state index contributed by atoms with van der Waals surface area (Å²) in [5.74, 6) is -0.146. The number of rotatable bonds is 8. The Labute approximate surface area is 115 Å². The first-order chi connectivity index (χ1) is 9.10. The first-order valence-corrected chi connectivity index (χ1v) is 6.83. The average molecular weight is 274 g/mol. The summed E-state index contributed by atoms with van der Waals surface area (Å²) >= 11 is 0. The summed E-state index contributed by atoms with van der Waals surface area (Å²) in [6, 6.07) is 0.0782. The van der Waals surface area contributed by atoms with E-state index in [1.165, 1.54) is 7.11 Å². The number of aliphatic hydroxyl groups is 1. The fourth-order valence-electron chi connectivity index (χ4n) is 2.26. The molecule has 1 rings (SSSR count). The zero-order valence-corrected chi connectivity index (χ0v) is 12.1. The van der Waals surface area contributed by atoms with Crippen LogP contribution in [0.2, 0.25) is 0 Å². The summed E-state index contributed by atoms with van der Waals surface area (Å²) in [5, 5.41) is 13.0. The topological polar surface area (TPSA) is 71.0 Å². The number of nitrogens with zero attached hydrogens (tertiary/aromatic N) is 1. The summed E-state index contributed by atoms with van der Waals surface area (Å²) in [6.45, 7) is 4.51. The van der Waals surface area contributed by atoms with Gasteiger partial charge in [-0.1, -0.05) is 6.92 Å². The number of likely N-dealkylation sites (N-methyl/N-ethyl adjacent to an activating group) is 1. The number of carbonyl (C=O) groups is 1. The summed E-state index contributed by atoms with van der Waals surface area (Å²) in [4.78, 5) is 13.9. The van der Waals surface area contributed by atoms with Gasteiger partial charge in [0.1, 0.15) is 0 Å². The predicted octanol–water partition coefficient (Wildman–Crippen LogP) is -0.533. The summed E-state index contributed by atoms with van der Waals surface area (Å²) in [6.07, 6.45) is 0.378. The maximum atomic E-state index is 12.3. The van der Waals surface area contributed by atoms with Gasteiger partial charge in [0, 0.05) is 26.7 Å². The van der Waals surface area contributed by atoms with E-state index >= 15 is 0 Å². The van der Waals surface area contributed by atoms with Crippen LogP contribution >= 0.6 is 0 Å². The number of hydrogen-bond donors (Lipinski definition) is 2. The highest BCUT2D eigenvalue weighted by Gasteiger charge is 2.35. The minimum absolute atomic E-state index is 0.0151. The fourth-order valence-corrected chi connectivity index (χ4v) is 2.26. The number of hydrogen-bond acceptors (Lipinski definition) is 5. The second-order valence-electron chi connectivity index (χ2n) is 5.03. The zero-order chi connectivity index (χ0) is 14.3. The minimum atomic E-state index is -0.650. The van der Waals surface area contributed by atoms with Crippen molar-refractivity contribution in [1.82, 2.24) is 10.2 Å². The summed E-state index contributed by atoms with van der Waals surface area (Å²) < 4.78 is 10.3. The lowest BCUT2D eigenvalue weighted by Crippen LogP contribution is -2.46. The van der Waals surface area contributed by atoms with Gasteiger partial charge in [-0.2, -0.15) is 0 Å². The molecule has 2 N–H and O–H groups in total. The summed E-state index contributed by atoms with van der Waals surface area (Å²) in [7, 11) is 3.23. The van der Waals surface area contributed by atoms with Crippen molar-refractivity contribution in [3.63, 3.8) is 0 Å². The number of ether oxygens (including phenoxy) is 2. The molecule has 0 saturated carbocycles. The Hall–Kier alpha value is -0.690. The first kappa shape index (κ1) is 16.4. The lowest BCUT2D eigenvalue weighted by molar-refractivity contribution is -0.136. The van der Waals surface area contributed by atoms with Gasteiger partial charge in [-0.15, -0.1) is 0 Å². The van der Waals surface area contributed by atoms with Gasteiger partial charge in [0.2, 0.25) is 5.91 Å². The summed E-state index contributed by atoms with van der Waals surface area (Å²) in [5.41, 5.74) is 0. The van der Waals surface area contributed by atoms with E-state index < -0.39 is 6.10 Å². The molecule has 1 heterocycles. The van der Waals surface area contributed by atoms with Crippen molar-refractivity contribution in [3.8, 4) is 0 Å². The molecule has 3 atom stereocenters. The van der Waals surface area contributed by atoms with Crippen molar-refractivity contribution in [2.75, 3.05) is 47.1 Å². The first-order valence-electron chi connectivity index (χ1n) is 6.83. The van der Waals surface area contributed by atoms with Crippen molar-refractivity contribution in [3.05, 3.63) is 0 Å². The number of aliphatic hydroxyl groups excluding tert-OH is 1. The molecule has 112 valence electrons. The van der Waals surface area contributed by atoms with Crippen LogP contribution in [0.15, 0.2) is 0 Å². The predicted molar refractivity (Wildman–Crippen MR) is 71.9 cm³/mol. The molecular formula is C13H26N2O4. The van der Waals surface area contributed by atoms with Crippen LogP contribution in [0.4, 0.5) is 0 Å². The van der Waals surface area contributed by atoms with Crippen molar-refractivity contribution < 1.29 is 19.4 Å². The molecule has 0 aromatic rings. The van der Waals surface area contributed by atoms with Crippen LogP contribution in [0.3, 0.4) is 0 Å². The molecule has 1 amide bonds. The number of methoxy groups -OCH3 is 1. The standard InChI is InChI=1S/C13H26N2O4/c1-4-5-14-12-9-19-8-11(12)13(17)15(2)6-10(16)7-18-3/h10-12,14,16H,4-9H2,1-3H3. The molecule has 1 saturated heterocycles. The van der Waals surface area contributed by atoms with Crippen LogP contribution in [-0.4, -0.2) is 75.1 Å². The molecule has 0 spiro atoms. The van der Waals surface area contributed by atoms with E-state index in [0.717, 1.165) is 13.0 Å². The smallest absolute Gasteiger partial charge is 0.229 e. The lowest BCUT2D eigenvalue weighted by Gasteiger charge is -2.26. The Balaban J connectivity index is 2.45. The van der Waals surface area contributed by atoms with Gasteiger partial charge >= 0.3 is 0 Å². The average Bonchev–Trinajstić information content (AvgIpc) is 2.83. The van der Waals surface area contributed by atoms with E-state index in [-0.39, 0.29) is 31.0 Å². The molecule has 0 aromatic carbocycles. The molecule has 0 aliphatic carbocycles. The number of carbonyl (C=O) groups excluding carboxylic acids is 1. The molecule has 1 aliphatic heterocycles. The van der Waals surface area contributed by atoms with E-state index in [2.05, 4.69) is 12.2 Å². The molecule has 3 unspecified atom stereocenters. The van der Waals surface area contributed by atoms with Gasteiger partial charge in [0.05, 0.1) is 31.8 Å². The van der Waals surface area contributed by atoms with Gasteiger partial charge in [0.25, 0.3) is 0 Å². The van der Waals surface area contributed by atoms with Crippen molar-refractivity contribution in [2.45, 2.75) is 25.5 Å². The third-order valence-corrected chi connectivity index (χ3v) is 3.27. The Morgan fingerprint density at radius 1 is 1.58 bits per heavy atom. The number of nitrogens with one attached hydrogen (secondary N) is 1. The monoisotopic (exact) mass is 274 g/mol. The molecule has 0 aromatic heterocycles. The van der Waals surface area contributed by atoms with E-state index in [9.17, 15) is 9.90 Å². The van der Waals surface area contributed by atoms with Crippen molar-refractivity contribution in [1.29, 1.82) is 0 Å². The molecule has 0 bridgehead atoms. The second kappa shape index (κ2) is 8.47. The Bertz CT molecular complexity index is 275. The van der Waals surface area contributed by atoms with Crippen LogP contribution in [0.1, 0.15) is 13.3 Å². The third-order valence-electron chi connectivity index (χ3n) is 3.27. The molecule has 19 heavy (non-hydrogen) atoms. The highest BCUT2D eigenvalue weighted by Crippen LogP contribution is 2.16. The Kier molecular flexibility index (Phi) is 7.30. The molecule has 6 heteroatoms. The minimum Gasteiger partial charge on any atom is -0.389 e. The van der Waals surface area contributed by atoms with E-state index in [4.69, 9.17) is 9.47 Å². The van der Waals surface area contributed by atoms with Crippen LogP contribution in [-0.2, 0) is 14.3 Å². The van der Waals surface area contributed by atoms with Gasteiger partial charge in [-0.05, 0) is 13.0 Å². The van der Waals surface area contributed by atoms with Gasteiger partial charge in [-0.3, -0.25) is 4.79 Å². The van der Waals surface area contributed by atoms with Crippen molar-refractivity contribution in [2.24, 2.45) is 5.92 Å². The van der Waals surface area contributed by atoms with Crippen LogP contribution in [0.25, 0.3) is 0 Å². The highest BCUT2D eigenvalue weighted by molar-refractivity contribution is 5.79. The maximum Gasteiger partial charge on any atom is 0.229 e. The van der Waals surface area contributed by atoms with Gasteiger partial charge < -0.3 is 24.8 Å². The normalized spacial score (nSPS) is 24.4. The Morgan fingerprint density at radius 3 is 2.95 bits per heavy atom. The third kappa shape index (κ3) is 5.06. The van der Waals surface area contributed by atoms with Crippen molar-refractivity contribution >= 4 is 5.91 Å². The van der Waals surface area contributed by atoms with E-state index in [1.54, 1.807) is 11.9 Å². The lowest BCUT2D eigenvalue weighted by atomic mass is 10.0. The zero-order valence-electron chi connectivity index (χ0n) is 12.1. The van der Waals surface area contributed by atoms with Gasteiger partial charge in [0.15, 0.2) is 0 Å². The molecule has 6 nitrogen and oxygen atoms in total. The number of amides is 1. The SMILES string of the molecule is CCCNC1COCC1C(=O)N(C)CC(O)COC. The van der Waals surface area contributed by atoms with E-state index in [0.29, 0.717) is 13.2 Å². The molecular weight excluding hydrogens is 248 g/mol. The van der Waals surface area contributed by atoms with Crippen LogP contribution in [0, 0.1) is 5.92 Å². The maximum absolute atomic E-state index is 12.3. The Morgan fingerprint density at radius 2 is 2.32 bits per heavy atom. The molecule has 0 radical (unpaired) electrons. The molecule has 1 fully saturated rings. The fraction of sp³-hybridized carbons (Fsp3) is 0.923.